The predicted molar refractivity (Wildman–Crippen MR) is 52.3 cm³/mol. The summed E-state index contributed by atoms with van der Waals surface area (Å²) in [6.45, 7) is 4.05. The zero-order chi connectivity index (χ0) is 9.68. The molecule has 0 saturated heterocycles. The van der Waals surface area contributed by atoms with Crippen LogP contribution in [0.4, 0.5) is 0 Å². The Hall–Kier alpha value is -1.05. The van der Waals surface area contributed by atoms with E-state index in [1.807, 2.05) is 13.0 Å². The zero-order valence-corrected chi connectivity index (χ0v) is 8.25. The summed E-state index contributed by atoms with van der Waals surface area (Å²) in [7, 11) is 0. The molecule has 2 heteroatoms. The van der Waals surface area contributed by atoms with Crippen molar-refractivity contribution < 1.29 is 9.53 Å². The lowest BCUT2D eigenvalue weighted by atomic mass is 10.1. The fraction of sp³-hybridized carbons (Fsp3) is 0.545. The van der Waals surface area contributed by atoms with Gasteiger partial charge in [0.15, 0.2) is 0 Å². The van der Waals surface area contributed by atoms with E-state index in [1.54, 1.807) is 6.08 Å². The van der Waals surface area contributed by atoms with Gasteiger partial charge in [0.1, 0.15) is 6.10 Å². The molecule has 0 fully saturated rings. The summed E-state index contributed by atoms with van der Waals surface area (Å²) in [6, 6.07) is 0. The maximum absolute atomic E-state index is 10.8. The maximum Gasteiger partial charge on any atom is 0.331 e. The van der Waals surface area contributed by atoms with Crippen molar-refractivity contribution in [2.75, 3.05) is 0 Å². The Morgan fingerprint density at radius 2 is 2.38 bits per heavy atom. The van der Waals surface area contributed by atoms with Gasteiger partial charge in [-0.3, -0.25) is 0 Å². The monoisotopic (exact) mass is 180 g/mol. The van der Waals surface area contributed by atoms with Crippen molar-refractivity contribution in [2.45, 2.75) is 39.2 Å². The first kappa shape index (κ1) is 10.0. The van der Waals surface area contributed by atoms with Gasteiger partial charge in [0, 0.05) is 6.08 Å². The summed E-state index contributed by atoms with van der Waals surface area (Å²) in [5.74, 6) is -0.220. The van der Waals surface area contributed by atoms with Gasteiger partial charge in [-0.05, 0) is 18.9 Å². The van der Waals surface area contributed by atoms with Crippen LogP contribution >= 0.6 is 0 Å². The Labute approximate surface area is 79.3 Å². The third-order valence-electron chi connectivity index (χ3n) is 2.08. The van der Waals surface area contributed by atoms with E-state index in [2.05, 4.69) is 13.0 Å². The Morgan fingerprint density at radius 1 is 1.62 bits per heavy atom. The lowest BCUT2D eigenvalue weighted by Gasteiger charge is -2.03. The second-order valence-corrected chi connectivity index (χ2v) is 3.27. The molecule has 2 nitrogen and oxygen atoms in total. The molecule has 1 heterocycles. The fourth-order valence-corrected chi connectivity index (χ4v) is 1.25. The third-order valence-corrected chi connectivity index (χ3v) is 2.08. The highest BCUT2D eigenvalue weighted by molar-refractivity contribution is 5.86. The molecular formula is C11H16O2. The number of esters is 1. The van der Waals surface area contributed by atoms with Crippen LogP contribution in [-0.4, -0.2) is 12.1 Å². The van der Waals surface area contributed by atoms with E-state index in [1.165, 1.54) is 12.8 Å². The number of unbranched alkanes of at least 4 members (excludes halogenated alkanes) is 2. The molecule has 13 heavy (non-hydrogen) atoms. The van der Waals surface area contributed by atoms with Crippen LogP contribution in [0.25, 0.3) is 0 Å². The van der Waals surface area contributed by atoms with Crippen LogP contribution in [0, 0.1) is 0 Å². The molecule has 0 aromatic heterocycles. The largest absolute Gasteiger partial charge is 0.455 e. The molecule has 0 N–H and O–H groups in total. The molecule has 0 spiro atoms. The van der Waals surface area contributed by atoms with Gasteiger partial charge in [-0.15, -0.1) is 0 Å². The average Bonchev–Trinajstić information content (AvgIpc) is 2.39. The van der Waals surface area contributed by atoms with Crippen LogP contribution in [0.3, 0.4) is 0 Å². The maximum atomic E-state index is 10.8. The van der Waals surface area contributed by atoms with Crippen LogP contribution in [0.1, 0.15) is 33.1 Å². The summed E-state index contributed by atoms with van der Waals surface area (Å²) in [6.07, 6.45) is 9.08. The Morgan fingerprint density at radius 3 is 2.92 bits per heavy atom. The summed E-state index contributed by atoms with van der Waals surface area (Å²) < 4.78 is 4.95. The molecule has 0 radical (unpaired) electrons. The van der Waals surface area contributed by atoms with E-state index in [0.29, 0.717) is 0 Å². The molecule has 1 aliphatic rings. The first-order chi connectivity index (χ1) is 6.24. The SMILES string of the molecule is CCCC/C=C/C1=CC(=O)OC1C. The van der Waals surface area contributed by atoms with Crippen molar-refractivity contribution in [1.82, 2.24) is 0 Å². The van der Waals surface area contributed by atoms with Crippen molar-refractivity contribution >= 4 is 5.97 Å². The van der Waals surface area contributed by atoms with Gasteiger partial charge in [-0.2, -0.15) is 0 Å². The van der Waals surface area contributed by atoms with E-state index in [-0.39, 0.29) is 12.1 Å². The van der Waals surface area contributed by atoms with Crippen LogP contribution in [0.5, 0.6) is 0 Å². The van der Waals surface area contributed by atoms with Crippen molar-refractivity contribution in [3.8, 4) is 0 Å². The van der Waals surface area contributed by atoms with E-state index in [9.17, 15) is 4.79 Å². The lowest BCUT2D eigenvalue weighted by Crippen LogP contribution is -2.04. The average molecular weight is 180 g/mol. The number of hydrogen-bond acceptors (Lipinski definition) is 2. The second kappa shape index (κ2) is 4.85. The molecule has 1 aliphatic heterocycles. The first-order valence-corrected chi connectivity index (χ1v) is 4.82. The molecular weight excluding hydrogens is 164 g/mol. The van der Waals surface area contributed by atoms with E-state index >= 15 is 0 Å². The molecule has 0 amide bonds. The van der Waals surface area contributed by atoms with Crippen LogP contribution in [-0.2, 0) is 9.53 Å². The van der Waals surface area contributed by atoms with E-state index < -0.39 is 0 Å². The topological polar surface area (TPSA) is 26.3 Å². The van der Waals surface area contributed by atoms with Crippen molar-refractivity contribution in [1.29, 1.82) is 0 Å². The quantitative estimate of drug-likeness (QED) is 0.491. The number of carbonyl (C=O) groups excluding carboxylic acids is 1. The van der Waals surface area contributed by atoms with Crippen LogP contribution in [0.2, 0.25) is 0 Å². The molecule has 0 aromatic carbocycles. The second-order valence-electron chi connectivity index (χ2n) is 3.27. The highest BCUT2D eigenvalue weighted by Gasteiger charge is 2.18. The molecule has 1 rings (SSSR count). The Balaban J connectivity index is 2.40. The number of hydrogen-bond donors (Lipinski definition) is 0. The third kappa shape index (κ3) is 3.05. The molecule has 0 aliphatic carbocycles. The Kier molecular flexibility index (Phi) is 3.74. The van der Waals surface area contributed by atoms with E-state index in [4.69, 9.17) is 4.74 Å². The van der Waals surface area contributed by atoms with Gasteiger partial charge in [-0.25, -0.2) is 4.79 Å². The first-order valence-electron chi connectivity index (χ1n) is 4.82. The predicted octanol–water partition coefficient (Wildman–Crippen LogP) is 2.60. The number of rotatable bonds is 4. The number of carbonyl (C=O) groups is 1. The highest BCUT2D eigenvalue weighted by atomic mass is 16.5. The molecule has 1 unspecified atom stereocenters. The van der Waals surface area contributed by atoms with Gasteiger partial charge in [0.25, 0.3) is 0 Å². The lowest BCUT2D eigenvalue weighted by molar-refractivity contribution is -0.138. The minimum absolute atomic E-state index is 0.0645. The number of ether oxygens (including phenoxy) is 1. The summed E-state index contributed by atoms with van der Waals surface area (Å²) in [4.78, 5) is 10.8. The standard InChI is InChI=1S/C11H16O2/c1-3-4-5-6-7-10-8-11(12)13-9(10)2/h6-9H,3-5H2,1-2H3/b7-6+. The fourth-order valence-electron chi connectivity index (χ4n) is 1.25. The number of allylic oxidation sites excluding steroid dienone is 1. The van der Waals surface area contributed by atoms with E-state index in [0.717, 1.165) is 12.0 Å². The van der Waals surface area contributed by atoms with Gasteiger partial charge in [0.05, 0.1) is 0 Å². The minimum atomic E-state index is -0.220. The van der Waals surface area contributed by atoms with Gasteiger partial charge in [-0.1, -0.05) is 31.9 Å². The Bertz CT molecular complexity index is 238. The molecule has 0 saturated carbocycles. The van der Waals surface area contributed by atoms with Crippen molar-refractivity contribution in [3.05, 3.63) is 23.8 Å². The molecule has 0 aromatic rings. The van der Waals surface area contributed by atoms with Crippen molar-refractivity contribution in [3.63, 3.8) is 0 Å². The summed E-state index contributed by atoms with van der Waals surface area (Å²) in [5, 5.41) is 0. The van der Waals surface area contributed by atoms with Gasteiger partial charge < -0.3 is 4.74 Å². The van der Waals surface area contributed by atoms with Crippen LogP contribution < -0.4 is 0 Å². The molecule has 1 atom stereocenters. The summed E-state index contributed by atoms with van der Waals surface area (Å²) >= 11 is 0. The zero-order valence-electron chi connectivity index (χ0n) is 8.25. The van der Waals surface area contributed by atoms with Gasteiger partial charge in [0.2, 0.25) is 0 Å². The number of cyclic esters (lactones) is 1. The summed E-state index contributed by atoms with van der Waals surface area (Å²) in [5.41, 5.74) is 0.987. The molecule has 72 valence electrons. The smallest absolute Gasteiger partial charge is 0.331 e. The van der Waals surface area contributed by atoms with Gasteiger partial charge >= 0.3 is 5.97 Å². The van der Waals surface area contributed by atoms with Crippen molar-refractivity contribution in [2.24, 2.45) is 0 Å². The highest BCUT2D eigenvalue weighted by Crippen LogP contribution is 2.16. The normalized spacial score (nSPS) is 22.2. The minimum Gasteiger partial charge on any atom is -0.455 e. The van der Waals surface area contributed by atoms with Crippen LogP contribution in [0.15, 0.2) is 23.8 Å². The molecule has 0 bridgehead atoms.